The van der Waals surface area contributed by atoms with Crippen molar-refractivity contribution < 1.29 is 14.0 Å². The predicted octanol–water partition coefficient (Wildman–Crippen LogP) is 2.74. The molecule has 2 aromatic rings. The lowest BCUT2D eigenvalue weighted by Crippen LogP contribution is -2.45. The normalized spacial score (nSPS) is 19.9. The van der Waals surface area contributed by atoms with Gasteiger partial charge in [0, 0.05) is 57.9 Å². The van der Waals surface area contributed by atoms with Gasteiger partial charge in [0.2, 0.25) is 5.91 Å². The summed E-state index contributed by atoms with van der Waals surface area (Å²) in [7, 11) is 2.16. The van der Waals surface area contributed by atoms with Crippen LogP contribution in [0.25, 0.3) is 0 Å². The minimum absolute atomic E-state index is 0.0175. The molecule has 2 amide bonds. The van der Waals surface area contributed by atoms with Gasteiger partial charge >= 0.3 is 0 Å². The summed E-state index contributed by atoms with van der Waals surface area (Å²) in [5.41, 5.74) is 2.81. The molecule has 2 aliphatic heterocycles. The number of amides is 2. The Morgan fingerprint density at radius 3 is 2.48 bits per heavy atom. The second-order valence-electron chi connectivity index (χ2n) is 9.21. The Bertz CT molecular complexity index is 957. The van der Waals surface area contributed by atoms with Gasteiger partial charge in [-0.2, -0.15) is 0 Å². The summed E-state index contributed by atoms with van der Waals surface area (Å²) in [5.74, 6) is -0.757. The van der Waals surface area contributed by atoms with Crippen LogP contribution in [0.15, 0.2) is 48.5 Å². The molecule has 4 rings (SSSR count). The van der Waals surface area contributed by atoms with Crippen LogP contribution in [0.2, 0.25) is 0 Å². The van der Waals surface area contributed by atoms with Crippen LogP contribution in [0.5, 0.6) is 0 Å². The third-order valence-corrected chi connectivity index (χ3v) is 6.63. The Morgan fingerprint density at radius 1 is 1.00 bits per heavy atom. The van der Waals surface area contributed by atoms with Crippen molar-refractivity contribution in [2.24, 2.45) is 5.92 Å². The Balaban J connectivity index is 1.28. The Morgan fingerprint density at radius 2 is 1.73 bits per heavy atom. The first-order valence-corrected chi connectivity index (χ1v) is 11.8. The summed E-state index contributed by atoms with van der Waals surface area (Å²) >= 11 is 0. The van der Waals surface area contributed by atoms with E-state index < -0.39 is 0 Å². The topological polar surface area (TPSA) is 55.9 Å². The number of piperidine rings is 1. The highest BCUT2D eigenvalue weighted by Gasteiger charge is 2.28. The summed E-state index contributed by atoms with van der Waals surface area (Å²) < 4.78 is 13.2. The molecule has 6 nitrogen and oxygen atoms in total. The SMILES string of the molecule is CN1CCN(Cc2cccc(CNC(=O)C3CCCN(C(=O)c4ccc(F)cc4)C3)c2)CC1. The molecule has 176 valence electrons. The van der Waals surface area contributed by atoms with E-state index in [1.54, 1.807) is 4.90 Å². The van der Waals surface area contributed by atoms with Crippen molar-refractivity contribution in [3.63, 3.8) is 0 Å². The standard InChI is InChI=1S/C26H33FN4O2/c1-29-12-14-30(15-13-29)18-21-5-2-4-20(16-21)17-28-25(32)23-6-3-11-31(19-23)26(33)22-7-9-24(27)10-8-22/h2,4-5,7-10,16,23H,3,6,11-15,17-19H2,1H3,(H,28,32). The van der Waals surface area contributed by atoms with Gasteiger partial charge in [0.05, 0.1) is 5.92 Å². The zero-order valence-corrected chi connectivity index (χ0v) is 19.3. The molecule has 2 aromatic carbocycles. The number of likely N-dealkylation sites (N-methyl/N-ethyl adjacent to an activating group) is 1. The van der Waals surface area contributed by atoms with E-state index in [9.17, 15) is 14.0 Å². The van der Waals surface area contributed by atoms with Crippen molar-refractivity contribution in [1.82, 2.24) is 20.0 Å². The average Bonchev–Trinajstić information content (AvgIpc) is 2.84. The molecule has 0 aliphatic carbocycles. The van der Waals surface area contributed by atoms with E-state index in [0.717, 1.165) is 51.1 Å². The summed E-state index contributed by atoms with van der Waals surface area (Å²) in [4.78, 5) is 32.1. The number of piperazine rings is 1. The molecule has 2 aliphatic rings. The maximum absolute atomic E-state index is 13.2. The maximum Gasteiger partial charge on any atom is 0.253 e. The van der Waals surface area contributed by atoms with E-state index in [0.29, 0.717) is 25.2 Å². The number of likely N-dealkylation sites (tertiary alicyclic amines) is 1. The van der Waals surface area contributed by atoms with Crippen LogP contribution < -0.4 is 5.32 Å². The van der Waals surface area contributed by atoms with E-state index in [4.69, 9.17) is 0 Å². The highest BCUT2D eigenvalue weighted by atomic mass is 19.1. The van der Waals surface area contributed by atoms with Crippen molar-refractivity contribution in [2.75, 3.05) is 46.3 Å². The third kappa shape index (κ3) is 6.39. The Labute approximate surface area is 195 Å². The molecule has 7 heteroatoms. The zero-order chi connectivity index (χ0) is 23.2. The fraction of sp³-hybridized carbons (Fsp3) is 0.462. The van der Waals surface area contributed by atoms with E-state index in [1.165, 1.54) is 29.8 Å². The van der Waals surface area contributed by atoms with Crippen LogP contribution >= 0.6 is 0 Å². The molecule has 0 aromatic heterocycles. The van der Waals surface area contributed by atoms with Crippen LogP contribution in [0.1, 0.15) is 34.3 Å². The number of carbonyl (C=O) groups is 2. The van der Waals surface area contributed by atoms with E-state index in [1.807, 2.05) is 6.07 Å². The van der Waals surface area contributed by atoms with Gasteiger partial charge in [0.15, 0.2) is 0 Å². The average molecular weight is 453 g/mol. The second-order valence-corrected chi connectivity index (χ2v) is 9.21. The van der Waals surface area contributed by atoms with Crippen molar-refractivity contribution in [3.05, 3.63) is 71.0 Å². The molecule has 2 heterocycles. The first-order valence-electron chi connectivity index (χ1n) is 11.8. The van der Waals surface area contributed by atoms with Crippen molar-refractivity contribution in [2.45, 2.75) is 25.9 Å². The first kappa shape index (κ1) is 23.4. The Kier molecular flexibility index (Phi) is 7.73. The molecule has 0 radical (unpaired) electrons. The van der Waals surface area contributed by atoms with Crippen LogP contribution in [0, 0.1) is 11.7 Å². The summed E-state index contributed by atoms with van der Waals surface area (Å²) in [6.07, 6.45) is 1.55. The smallest absolute Gasteiger partial charge is 0.253 e. The van der Waals surface area contributed by atoms with Crippen LogP contribution in [0.4, 0.5) is 4.39 Å². The molecular weight excluding hydrogens is 419 g/mol. The molecule has 33 heavy (non-hydrogen) atoms. The highest BCUT2D eigenvalue weighted by Crippen LogP contribution is 2.19. The monoisotopic (exact) mass is 452 g/mol. The lowest BCUT2D eigenvalue weighted by atomic mass is 9.96. The lowest BCUT2D eigenvalue weighted by Gasteiger charge is -2.32. The number of hydrogen-bond donors (Lipinski definition) is 1. The number of benzene rings is 2. The molecule has 0 spiro atoms. The minimum atomic E-state index is -0.366. The minimum Gasteiger partial charge on any atom is -0.352 e. The summed E-state index contributed by atoms with van der Waals surface area (Å²) in [6, 6.07) is 14.0. The van der Waals surface area contributed by atoms with Gasteiger partial charge in [-0.05, 0) is 55.3 Å². The molecule has 1 atom stereocenters. The van der Waals surface area contributed by atoms with Gasteiger partial charge in [-0.1, -0.05) is 24.3 Å². The van der Waals surface area contributed by atoms with Crippen molar-refractivity contribution in [3.8, 4) is 0 Å². The first-order chi connectivity index (χ1) is 16.0. The van der Waals surface area contributed by atoms with Gasteiger partial charge < -0.3 is 15.1 Å². The van der Waals surface area contributed by atoms with Crippen molar-refractivity contribution in [1.29, 1.82) is 0 Å². The van der Waals surface area contributed by atoms with Gasteiger partial charge in [-0.3, -0.25) is 14.5 Å². The van der Waals surface area contributed by atoms with Crippen molar-refractivity contribution >= 4 is 11.8 Å². The molecule has 2 fully saturated rings. The van der Waals surface area contributed by atoms with E-state index >= 15 is 0 Å². The summed E-state index contributed by atoms with van der Waals surface area (Å²) in [5, 5.41) is 3.07. The largest absolute Gasteiger partial charge is 0.352 e. The number of rotatable bonds is 6. The van der Waals surface area contributed by atoms with E-state index in [-0.39, 0.29) is 23.5 Å². The van der Waals surface area contributed by atoms with Gasteiger partial charge in [-0.15, -0.1) is 0 Å². The highest BCUT2D eigenvalue weighted by molar-refractivity contribution is 5.94. The fourth-order valence-electron chi connectivity index (χ4n) is 4.59. The molecule has 0 bridgehead atoms. The summed E-state index contributed by atoms with van der Waals surface area (Å²) in [6.45, 7) is 6.77. The van der Waals surface area contributed by atoms with Gasteiger partial charge in [-0.25, -0.2) is 4.39 Å². The molecular formula is C26H33FN4O2. The van der Waals surface area contributed by atoms with Crippen LogP contribution in [0.3, 0.4) is 0 Å². The number of nitrogens with zero attached hydrogens (tertiary/aromatic N) is 3. The lowest BCUT2D eigenvalue weighted by molar-refractivity contribution is -0.126. The van der Waals surface area contributed by atoms with Crippen LogP contribution in [-0.2, 0) is 17.9 Å². The van der Waals surface area contributed by atoms with E-state index in [2.05, 4.69) is 40.4 Å². The maximum atomic E-state index is 13.2. The predicted molar refractivity (Wildman–Crippen MR) is 126 cm³/mol. The molecule has 1 unspecified atom stereocenters. The Hall–Kier alpha value is -2.77. The zero-order valence-electron chi connectivity index (χ0n) is 19.3. The number of hydrogen-bond acceptors (Lipinski definition) is 4. The molecule has 2 saturated heterocycles. The fourth-order valence-corrected chi connectivity index (χ4v) is 4.59. The third-order valence-electron chi connectivity index (χ3n) is 6.63. The number of carbonyl (C=O) groups excluding carboxylic acids is 2. The number of nitrogens with one attached hydrogen (secondary N) is 1. The second kappa shape index (κ2) is 10.9. The molecule has 1 N–H and O–H groups in total. The quantitative estimate of drug-likeness (QED) is 0.732. The van der Waals surface area contributed by atoms with Crippen LogP contribution in [-0.4, -0.2) is 72.8 Å². The van der Waals surface area contributed by atoms with Gasteiger partial charge in [0.1, 0.15) is 5.82 Å². The molecule has 0 saturated carbocycles. The number of halogens is 1. The van der Waals surface area contributed by atoms with Gasteiger partial charge in [0.25, 0.3) is 5.91 Å².